The van der Waals surface area contributed by atoms with Crippen LogP contribution >= 0.6 is 11.3 Å². The van der Waals surface area contributed by atoms with Crippen molar-refractivity contribution in [2.75, 3.05) is 49.9 Å². The van der Waals surface area contributed by atoms with Crippen LogP contribution in [0.4, 0.5) is 11.1 Å². The van der Waals surface area contributed by atoms with Crippen LogP contribution in [-0.4, -0.2) is 65.0 Å². The summed E-state index contributed by atoms with van der Waals surface area (Å²) < 4.78 is 0. The molecule has 1 aliphatic heterocycles. The van der Waals surface area contributed by atoms with Crippen LogP contribution in [0.25, 0.3) is 0 Å². The van der Waals surface area contributed by atoms with E-state index in [-0.39, 0.29) is 5.91 Å². The van der Waals surface area contributed by atoms with Crippen LogP contribution < -0.4 is 16.0 Å². The molecule has 0 aromatic carbocycles. The highest BCUT2D eigenvalue weighted by Gasteiger charge is 2.20. The second-order valence-electron chi connectivity index (χ2n) is 5.94. The lowest BCUT2D eigenvalue weighted by Crippen LogP contribution is -2.50. The van der Waals surface area contributed by atoms with Gasteiger partial charge < -0.3 is 16.0 Å². The van der Waals surface area contributed by atoms with Crippen LogP contribution in [-0.2, 0) is 11.2 Å². The van der Waals surface area contributed by atoms with Gasteiger partial charge in [0.15, 0.2) is 5.13 Å². The summed E-state index contributed by atoms with van der Waals surface area (Å²) in [5.74, 6) is 0.830. The number of aromatic nitrogens is 3. The standard InChI is InChI=1S/C16H23N7OS/c17-15-21-13(12-25-15)3-1-4-18-14(24)11-22-7-9-23(10-8-22)16-19-5-2-6-20-16/h2,5-6,12H,1,3-4,7-11H2,(H2,17,21)(H,18,24). The number of aryl methyl sites for hydroxylation is 1. The Balaban J connectivity index is 1.31. The van der Waals surface area contributed by atoms with Gasteiger partial charge in [-0.1, -0.05) is 0 Å². The molecule has 8 nitrogen and oxygen atoms in total. The molecule has 0 aliphatic carbocycles. The maximum absolute atomic E-state index is 12.1. The lowest BCUT2D eigenvalue weighted by Gasteiger charge is -2.34. The highest BCUT2D eigenvalue weighted by Crippen LogP contribution is 2.12. The first kappa shape index (κ1) is 17.6. The lowest BCUT2D eigenvalue weighted by molar-refractivity contribution is -0.122. The zero-order valence-electron chi connectivity index (χ0n) is 14.1. The van der Waals surface area contributed by atoms with Gasteiger partial charge in [0.05, 0.1) is 12.2 Å². The molecule has 0 saturated carbocycles. The molecule has 3 rings (SSSR count). The van der Waals surface area contributed by atoms with E-state index in [2.05, 4.69) is 30.1 Å². The van der Waals surface area contributed by atoms with E-state index in [1.165, 1.54) is 11.3 Å². The zero-order chi connectivity index (χ0) is 17.5. The van der Waals surface area contributed by atoms with E-state index in [0.717, 1.165) is 50.7 Å². The Bertz CT molecular complexity index is 670. The van der Waals surface area contributed by atoms with Gasteiger partial charge in [-0.15, -0.1) is 11.3 Å². The Morgan fingerprint density at radius 2 is 2.00 bits per heavy atom. The zero-order valence-corrected chi connectivity index (χ0v) is 14.9. The number of carbonyl (C=O) groups is 1. The summed E-state index contributed by atoms with van der Waals surface area (Å²) in [6, 6.07) is 1.81. The van der Waals surface area contributed by atoms with Crippen molar-refractivity contribution in [1.82, 2.24) is 25.2 Å². The Morgan fingerprint density at radius 3 is 2.68 bits per heavy atom. The number of piperazine rings is 1. The fourth-order valence-corrected chi connectivity index (χ4v) is 3.35. The van der Waals surface area contributed by atoms with Gasteiger partial charge in [-0.2, -0.15) is 0 Å². The molecule has 0 spiro atoms. The van der Waals surface area contributed by atoms with Crippen LogP contribution in [0.2, 0.25) is 0 Å². The normalized spacial score (nSPS) is 15.3. The van der Waals surface area contributed by atoms with Gasteiger partial charge in [0, 0.05) is 50.5 Å². The molecule has 134 valence electrons. The SMILES string of the molecule is Nc1nc(CCCNC(=O)CN2CCN(c3ncccn3)CC2)cs1. The molecule has 9 heteroatoms. The Hall–Kier alpha value is -2.26. The maximum Gasteiger partial charge on any atom is 0.234 e. The summed E-state index contributed by atoms with van der Waals surface area (Å²) >= 11 is 1.45. The van der Waals surface area contributed by atoms with E-state index in [1.54, 1.807) is 12.4 Å². The van der Waals surface area contributed by atoms with E-state index >= 15 is 0 Å². The molecule has 3 heterocycles. The minimum absolute atomic E-state index is 0.0715. The third-order valence-electron chi connectivity index (χ3n) is 4.08. The van der Waals surface area contributed by atoms with Gasteiger partial charge in [-0.25, -0.2) is 15.0 Å². The summed E-state index contributed by atoms with van der Waals surface area (Å²) in [6.45, 7) is 4.44. The molecule has 2 aromatic heterocycles. The predicted octanol–water partition coefficient (Wildman–Crippen LogP) is 0.386. The van der Waals surface area contributed by atoms with E-state index < -0.39 is 0 Å². The van der Waals surface area contributed by atoms with Crippen molar-refractivity contribution in [3.8, 4) is 0 Å². The van der Waals surface area contributed by atoms with Crippen LogP contribution in [0.1, 0.15) is 12.1 Å². The first-order chi connectivity index (χ1) is 12.2. The van der Waals surface area contributed by atoms with Crippen LogP contribution in [0.5, 0.6) is 0 Å². The Morgan fingerprint density at radius 1 is 1.24 bits per heavy atom. The number of amides is 1. The number of nitrogens with two attached hydrogens (primary N) is 1. The van der Waals surface area contributed by atoms with Crippen molar-refractivity contribution in [2.45, 2.75) is 12.8 Å². The Kier molecular flexibility index (Phi) is 6.13. The minimum atomic E-state index is 0.0715. The number of nitrogens with zero attached hydrogens (tertiary/aromatic N) is 5. The molecular weight excluding hydrogens is 338 g/mol. The van der Waals surface area contributed by atoms with Crippen molar-refractivity contribution in [2.24, 2.45) is 0 Å². The van der Waals surface area contributed by atoms with E-state index in [1.807, 2.05) is 11.4 Å². The number of thiazole rings is 1. The van der Waals surface area contributed by atoms with Gasteiger partial charge in [-0.3, -0.25) is 9.69 Å². The first-order valence-electron chi connectivity index (χ1n) is 8.41. The van der Waals surface area contributed by atoms with Gasteiger partial charge in [0.1, 0.15) is 0 Å². The first-order valence-corrected chi connectivity index (χ1v) is 9.29. The molecular formula is C16H23N7OS. The third kappa shape index (κ3) is 5.36. The molecule has 0 unspecified atom stereocenters. The summed E-state index contributed by atoms with van der Waals surface area (Å²) in [5.41, 5.74) is 6.60. The molecule has 1 fully saturated rings. The number of hydrogen-bond donors (Lipinski definition) is 2. The average molecular weight is 361 g/mol. The summed E-state index contributed by atoms with van der Waals surface area (Å²) in [7, 11) is 0. The number of hydrogen-bond acceptors (Lipinski definition) is 8. The van der Waals surface area contributed by atoms with E-state index in [9.17, 15) is 4.79 Å². The molecule has 1 amide bonds. The minimum Gasteiger partial charge on any atom is -0.375 e. The highest BCUT2D eigenvalue weighted by atomic mass is 32.1. The van der Waals surface area contributed by atoms with Crippen molar-refractivity contribution in [3.63, 3.8) is 0 Å². The topological polar surface area (TPSA) is 100 Å². The molecule has 1 aliphatic rings. The molecule has 25 heavy (non-hydrogen) atoms. The largest absolute Gasteiger partial charge is 0.375 e. The number of anilines is 2. The highest BCUT2D eigenvalue weighted by molar-refractivity contribution is 7.13. The van der Waals surface area contributed by atoms with Gasteiger partial charge >= 0.3 is 0 Å². The average Bonchev–Trinajstić information content (AvgIpc) is 3.05. The van der Waals surface area contributed by atoms with Gasteiger partial charge in [0.25, 0.3) is 0 Å². The number of nitrogens with one attached hydrogen (secondary N) is 1. The monoisotopic (exact) mass is 361 g/mol. The van der Waals surface area contributed by atoms with Crippen LogP contribution in [0.3, 0.4) is 0 Å². The quantitative estimate of drug-likeness (QED) is 0.688. The third-order valence-corrected chi connectivity index (χ3v) is 4.80. The molecule has 1 saturated heterocycles. The number of rotatable bonds is 7. The summed E-state index contributed by atoms with van der Waals surface area (Å²) in [6.07, 6.45) is 5.21. The summed E-state index contributed by atoms with van der Waals surface area (Å²) in [4.78, 5) is 29.1. The van der Waals surface area contributed by atoms with E-state index in [0.29, 0.717) is 18.2 Å². The molecule has 0 atom stereocenters. The molecule has 0 radical (unpaired) electrons. The van der Waals surface area contributed by atoms with Gasteiger partial charge in [-0.05, 0) is 18.9 Å². The molecule has 3 N–H and O–H groups in total. The van der Waals surface area contributed by atoms with E-state index in [4.69, 9.17) is 5.73 Å². The van der Waals surface area contributed by atoms with Crippen molar-refractivity contribution in [1.29, 1.82) is 0 Å². The fraction of sp³-hybridized carbons (Fsp3) is 0.500. The fourth-order valence-electron chi connectivity index (χ4n) is 2.75. The molecule has 0 bridgehead atoms. The van der Waals surface area contributed by atoms with Crippen molar-refractivity contribution < 1.29 is 4.79 Å². The number of nitrogen functional groups attached to an aromatic ring is 1. The predicted molar refractivity (Wildman–Crippen MR) is 98.5 cm³/mol. The maximum atomic E-state index is 12.1. The lowest BCUT2D eigenvalue weighted by atomic mass is 10.2. The number of carbonyl (C=O) groups excluding carboxylic acids is 1. The Labute approximate surface area is 151 Å². The second-order valence-corrected chi connectivity index (χ2v) is 6.83. The second kappa shape index (κ2) is 8.72. The molecule has 2 aromatic rings. The van der Waals surface area contributed by atoms with Crippen LogP contribution in [0, 0.1) is 0 Å². The van der Waals surface area contributed by atoms with Crippen molar-refractivity contribution in [3.05, 3.63) is 29.5 Å². The smallest absolute Gasteiger partial charge is 0.234 e. The van der Waals surface area contributed by atoms with Gasteiger partial charge in [0.2, 0.25) is 11.9 Å². The van der Waals surface area contributed by atoms with Crippen LogP contribution in [0.15, 0.2) is 23.8 Å². The van der Waals surface area contributed by atoms with Crippen molar-refractivity contribution >= 4 is 28.3 Å². The summed E-state index contributed by atoms with van der Waals surface area (Å²) in [5, 5.41) is 5.54.